The van der Waals surface area contributed by atoms with Crippen molar-refractivity contribution in [3.05, 3.63) is 42.1 Å². The monoisotopic (exact) mass is 286 g/mol. The summed E-state index contributed by atoms with van der Waals surface area (Å²) >= 11 is 0. The molecular formula is C17H22N2O2. The summed E-state index contributed by atoms with van der Waals surface area (Å²) in [5, 5.41) is 11.5. The van der Waals surface area contributed by atoms with E-state index in [2.05, 4.69) is 22.9 Å². The molecule has 0 radical (unpaired) electrons. The van der Waals surface area contributed by atoms with Crippen molar-refractivity contribution >= 4 is 10.9 Å². The summed E-state index contributed by atoms with van der Waals surface area (Å²) in [4.78, 5) is 6.93. The summed E-state index contributed by atoms with van der Waals surface area (Å²) in [7, 11) is 0. The Hall–Kier alpha value is -1.49. The Morgan fingerprint density at radius 2 is 2.19 bits per heavy atom. The molecule has 21 heavy (non-hydrogen) atoms. The number of aliphatic hydroxyl groups is 1. The van der Waals surface area contributed by atoms with Gasteiger partial charge in [0, 0.05) is 30.6 Å². The summed E-state index contributed by atoms with van der Waals surface area (Å²) in [5.74, 6) is 0. The van der Waals surface area contributed by atoms with E-state index in [0.29, 0.717) is 13.0 Å². The maximum absolute atomic E-state index is 10.4. The fourth-order valence-corrected chi connectivity index (χ4v) is 2.82. The normalized spacial score (nSPS) is 21.5. The molecule has 1 aromatic carbocycles. The molecule has 1 fully saturated rings. The van der Waals surface area contributed by atoms with E-state index in [1.807, 2.05) is 30.3 Å². The number of rotatable bonds is 4. The molecule has 4 heteroatoms. The predicted octanol–water partition coefficient (Wildman–Crippen LogP) is 1.86. The Bertz CT molecular complexity index is 602. The second-order valence-corrected chi connectivity index (χ2v) is 5.57. The minimum Gasteiger partial charge on any atom is -0.390 e. The molecule has 1 aromatic heterocycles. The molecule has 0 saturated carbocycles. The smallest absolute Gasteiger partial charge is 0.0964 e. The molecule has 1 aliphatic rings. The zero-order valence-corrected chi connectivity index (χ0v) is 12.4. The van der Waals surface area contributed by atoms with Gasteiger partial charge in [0.15, 0.2) is 0 Å². The highest BCUT2D eigenvalue weighted by molar-refractivity contribution is 5.78. The predicted molar refractivity (Wildman–Crippen MR) is 83.3 cm³/mol. The molecule has 0 spiro atoms. The highest BCUT2D eigenvalue weighted by Gasteiger charge is 2.26. The number of para-hydroxylation sites is 1. The quantitative estimate of drug-likeness (QED) is 0.932. The first-order valence-electron chi connectivity index (χ1n) is 7.63. The van der Waals surface area contributed by atoms with Crippen LogP contribution in [0.15, 0.2) is 36.4 Å². The summed E-state index contributed by atoms with van der Waals surface area (Å²) in [6, 6.07) is 12.1. The third-order valence-electron chi connectivity index (χ3n) is 4.13. The lowest BCUT2D eigenvalue weighted by atomic mass is 10.1. The van der Waals surface area contributed by atoms with Gasteiger partial charge in [-0.05, 0) is 18.7 Å². The molecule has 0 amide bonds. The van der Waals surface area contributed by atoms with Gasteiger partial charge in [-0.3, -0.25) is 9.88 Å². The lowest BCUT2D eigenvalue weighted by molar-refractivity contribution is -0.0869. The van der Waals surface area contributed by atoms with Gasteiger partial charge < -0.3 is 9.84 Å². The number of aromatic nitrogens is 1. The van der Waals surface area contributed by atoms with Crippen LogP contribution in [0.2, 0.25) is 0 Å². The zero-order chi connectivity index (χ0) is 14.7. The molecule has 4 nitrogen and oxygen atoms in total. The summed E-state index contributed by atoms with van der Waals surface area (Å²) in [6.45, 7) is 5.58. The van der Waals surface area contributed by atoms with Crippen molar-refractivity contribution in [1.82, 2.24) is 9.88 Å². The molecule has 2 unspecified atom stereocenters. The van der Waals surface area contributed by atoms with Crippen LogP contribution in [0.5, 0.6) is 0 Å². The number of hydrogen-bond donors (Lipinski definition) is 1. The van der Waals surface area contributed by atoms with Gasteiger partial charge in [-0.1, -0.05) is 31.2 Å². The molecule has 1 N–H and O–H groups in total. The topological polar surface area (TPSA) is 45.6 Å². The number of aliphatic hydroxyl groups excluding tert-OH is 1. The number of pyridine rings is 1. The number of hydrogen-bond acceptors (Lipinski definition) is 4. The third-order valence-corrected chi connectivity index (χ3v) is 4.13. The third kappa shape index (κ3) is 3.40. The second kappa shape index (κ2) is 6.52. The molecule has 1 aliphatic heterocycles. The molecule has 2 aromatic rings. The minimum atomic E-state index is -0.506. The lowest BCUT2D eigenvalue weighted by Crippen LogP contribution is -2.48. The van der Waals surface area contributed by atoms with Gasteiger partial charge in [0.2, 0.25) is 0 Å². The average Bonchev–Trinajstić information content (AvgIpc) is 2.54. The molecule has 2 heterocycles. The van der Waals surface area contributed by atoms with E-state index >= 15 is 0 Å². The Morgan fingerprint density at radius 1 is 1.33 bits per heavy atom. The maximum Gasteiger partial charge on any atom is 0.0964 e. The minimum absolute atomic E-state index is 0.119. The van der Waals surface area contributed by atoms with Gasteiger partial charge in [-0.25, -0.2) is 0 Å². The van der Waals surface area contributed by atoms with Crippen LogP contribution in [0, 0.1) is 0 Å². The molecule has 2 atom stereocenters. The van der Waals surface area contributed by atoms with Gasteiger partial charge in [0.25, 0.3) is 0 Å². The van der Waals surface area contributed by atoms with Crippen molar-refractivity contribution < 1.29 is 9.84 Å². The number of benzene rings is 1. The van der Waals surface area contributed by atoms with Crippen molar-refractivity contribution in [3.63, 3.8) is 0 Å². The second-order valence-electron chi connectivity index (χ2n) is 5.57. The van der Waals surface area contributed by atoms with E-state index in [0.717, 1.165) is 36.2 Å². The summed E-state index contributed by atoms with van der Waals surface area (Å²) in [5.41, 5.74) is 1.89. The maximum atomic E-state index is 10.4. The highest BCUT2D eigenvalue weighted by Crippen LogP contribution is 2.16. The fourth-order valence-electron chi connectivity index (χ4n) is 2.82. The lowest BCUT2D eigenvalue weighted by Gasteiger charge is -2.34. The van der Waals surface area contributed by atoms with Crippen molar-refractivity contribution in [3.8, 4) is 0 Å². The largest absolute Gasteiger partial charge is 0.390 e. The Morgan fingerprint density at radius 3 is 3.05 bits per heavy atom. The molecule has 0 aliphatic carbocycles. The fraction of sp³-hybridized carbons (Fsp3) is 0.471. The van der Waals surface area contributed by atoms with E-state index in [4.69, 9.17) is 4.74 Å². The Labute approximate surface area is 125 Å². The molecule has 0 bridgehead atoms. The Balaban J connectivity index is 1.69. The molecule has 3 rings (SSSR count). The summed E-state index contributed by atoms with van der Waals surface area (Å²) < 4.78 is 5.71. The van der Waals surface area contributed by atoms with Gasteiger partial charge in [0.1, 0.15) is 0 Å². The van der Waals surface area contributed by atoms with E-state index in [-0.39, 0.29) is 6.10 Å². The van der Waals surface area contributed by atoms with Crippen LogP contribution < -0.4 is 0 Å². The molecular weight excluding hydrogens is 264 g/mol. The van der Waals surface area contributed by atoms with Crippen molar-refractivity contribution in [2.24, 2.45) is 0 Å². The number of likely N-dealkylation sites (N-methyl/N-ethyl adjacent to an activating group) is 1. The first-order valence-corrected chi connectivity index (χ1v) is 7.63. The highest BCUT2D eigenvalue weighted by atomic mass is 16.5. The van der Waals surface area contributed by atoms with Gasteiger partial charge in [0.05, 0.1) is 24.3 Å². The number of nitrogens with zero attached hydrogens (tertiary/aromatic N) is 2. The average molecular weight is 286 g/mol. The summed E-state index contributed by atoms with van der Waals surface area (Å²) in [6.07, 6.45) is -0.0902. The van der Waals surface area contributed by atoms with Crippen LogP contribution >= 0.6 is 0 Å². The van der Waals surface area contributed by atoms with Gasteiger partial charge in [-0.15, -0.1) is 0 Å². The zero-order valence-electron chi connectivity index (χ0n) is 12.4. The number of ether oxygens (including phenoxy) is 1. The first kappa shape index (κ1) is 14.4. The molecule has 1 saturated heterocycles. The standard InChI is InChI=1S/C17H22N2O2/c1-2-19-9-10-21-17(12-19)16(20)11-14-8-7-13-5-3-4-6-15(13)18-14/h3-8,16-17,20H,2,9-12H2,1H3. The van der Waals surface area contributed by atoms with E-state index in [1.165, 1.54) is 0 Å². The van der Waals surface area contributed by atoms with Crippen LogP contribution in [0.25, 0.3) is 10.9 Å². The number of morpholine rings is 1. The number of fused-ring (bicyclic) bond motifs is 1. The SMILES string of the molecule is CCN1CCOC(C(O)Cc2ccc3ccccc3n2)C1. The molecule has 112 valence electrons. The van der Waals surface area contributed by atoms with Crippen LogP contribution in [-0.4, -0.2) is 53.4 Å². The van der Waals surface area contributed by atoms with E-state index in [1.54, 1.807) is 0 Å². The van der Waals surface area contributed by atoms with Crippen LogP contribution in [0.4, 0.5) is 0 Å². The van der Waals surface area contributed by atoms with Gasteiger partial charge in [-0.2, -0.15) is 0 Å². The Kier molecular flexibility index (Phi) is 4.48. The van der Waals surface area contributed by atoms with Crippen molar-refractivity contribution in [1.29, 1.82) is 0 Å². The van der Waals surface area contributed by atoms with Gasteiger partial charge >= 0.3 is 0 Å². The van der Waals surface area contributed by atoms with Crippen LogP contribution in [0.3, 0.4) is 0 Å². The first-order chi connectivity index (χ1) is 10.3. The van der Waals surface area contributed by atoms with E-state index in [9.17, 15) is 5.11 Å². The van der Waals surface area contributed by atoms with Crippen LogP contribution in [0.1, 0.15) is 12.6 Å². The van der Waals surface area contributed by atoms with Crippen LogP contribution in [-0.2, 0) is 11.2 Å². The van der Waals surface area contributed by atoms with Crippen molar-refractivity contribution in [2.75, 3.05) is 26.2 Å². The van der Waals surface area contributed by atoms with Crippen molar-refractivity contribution in [2.45, 2.75) is 25.6 Å². The van der Waals surface area contributed by atoms with E-state index < -0.39 is 6.10 Å².